The quantitative estimate of drug-likeness (QED) is 0.832. The number of hydrogen-bond donors (Lipinski definition) is 1. The molecule has 0 spiro atoms. The zero-order chi connectivity index (χ0) is 18.2. The first-order chi connectivity index (χ1) is 12.0. The van der Waals surface area contributed by atoms with Crippen LogP contribution in [0.2, 0.25) is 0 Å². The van der Waals surface area contributed by atoms with E-state index in [-0.39, 0.29) is 11.8 Å². The Morgan fingerprint density at radius 1 is 1.04 bits per heavy atom. The first-order valence-corrected chi connectivity index (χ1v) is 8.67. The number of nitrogens with zero attached hydrogens (tertiary/aromatic N) is 2. The number of hydrogen-bond acceptors (Lipinski definition) is 3. The van der Waals surface area contributed by atoms with Gasteiger partial charge in [0.25, 0.3) is 11.8 Å². The van der Waals surface area contributed by atoms with Crippen molar-refractivity contribution in [2.75, 3.05) is 18.4 Å². The molecule has 2 rings (SSSR count). The van der Waals surface area contributed by atoms with Crippen molar-refractivity contribution in [3.63, 3.8) is 0 Å². The van der Waals surface area contributed by atoms with Crippen LogP contribution in [0.15, 0.2) is 42.7 Å². The Morgan fingerprint density at radius 2 is 1.72 bits per heavy atom. The summed E-state index contributed by atoms with van der Waals surface area (Å²) in [7, 11) is 0. The largest absolute Gasteiger partial charge is 0.339 e. The highest BCUT2D eigenvalue weighted by molar-refractivity contribution is 6.05. The molecule has 0 unspecified atom stereocenters. The molecule has 5 nitrogen and oxygen atoms in total. The highest BCUT2D eigenvalue weighted by Gasteiger charge is 2.16. The van der Waals surface area contributed by atoms with Gasteiger partial charge in [0.2, 0.25) is 0 Å². The molecule has 132 valence electrons. The standard InChI is InChI=1S/C20H25N3O2/c1-4-9-23(10-5-2)20(25)17-12-16(13-21-14-17)19(24)22-18-8-6-7-15(3)11-18/h6-8,11-14H,4-5,9-10H2,1-3H3,(H,22,24). The predicted octanol–water partition coefficient (Wildman–Crippen LogP) is 3.90. The highest BCUT2D eigenvalue weighted by Crippen LogP contribution is 2.13. The van der Waals surface area contributed by atoms with Crippen molar-refractivity contribution >= 4 is 17.5 Å². The topological polar surface area (TPSA) is 62.3 Å². The van der Waals surface area contributed by atoms with Crippen molar-refractivity contribution in [1.29, 1.82) is 0 Å². The fraction of sp³-hybridized carbons (Fsp3) is 0.350. The number of pyridine rings is 1. The molecule has 0 atom stereocenters. The van der Waals surface area contributed by atoms with Gasteiger partial charge in [-0.2, -0.15) is 0 Å². The molecule has 5 heteroatoms. The van der Waals surface area contributed by atoms with E-state index in [4.69, 9.17) is 0 Å². The van der Waals surface area contributed by atoms with Crippen molar-refractivity contribution in [2.45, 2.75) is 33.6 Å². The molecule has 1 aromatic heterocycles. The highest BCUT2D eigenvalue weighted by atomic mass is 16.2. The molecule has 2 amide bonds. The normalized spacial score (nSPS) is 10.4. The third-order valence-electron chi connectivity index (χ3n) is 3.80. The number of aromatic nitrogens is 1. The second kappa shape index (κ2) is 8.97. The molecule has 2 aromatic rings. The average Bonchev–Trinajstić information content (AvgIpc) is 2.61. The Balaban J connectivity index is 2.16. The van der Waals surface area contributed by atoms with Crippen LogP contribution in [0.4, 0.5) is 5.69 Å². The van der Waals surface area contributed by atoms with Crippen molar-refractivity contribution in [3.8, 4) is 0 Å². The second-order valence-electron chi connectivity index (χ2n) is 6.08. The summed E-state index contributed by atoms with van der Waals surface area (Å²) in [6.07, 6.45) is 4.79. The molecular weight excluding hydrogens is 314 g/mol. The minimum absolute atomic E-state index is 0.0820. The van der Waals surface area contributed by atoms with Crippen molar-refractivity contribution in [3.05, 3.63) is 59.4 Å². The summed E-state index contributed by atoms with van der Waals surface area (Å²) >= 11 is 0. The third-order valence-corrected chi connectivity index (χ3v) is 3.80. The van der Waals surface area contributed by atoms with Crippen LogP contribution in [-0.2, 0) is 0 Å². The van der Waals surface area contributed by atoms with E-state index in [1.165, 1.54) is 12.4 Å². The lowest BCUT2D eigenvalue weighted by Crippen LogP contribution is -2.32. The van der Waals surface area contributed by atoms with E-state index < -0.39 is 0 Å². The summed E-state index contributed by atoms with van der Waals surface area (Å²) in [4.78, 5) is 31.0. The Bertz CT molecular complexity index is 737. The summed E-state index contributed by atoms with van der Waals surface area (Å²) < 4.78 is 0. The minimum atomic E-state index is -0.273. The van der Waals surface area contributed by atoms with E-state index in [9.17, 15) is 9.59 Å². The van der Waals surface area contributed by atoms with Gasteiger partial charge in [0, 0.05) is 31.2 Å². The molecule has 1 N–H and O–H groups in total. The second-order valence-corrected chi connectivity index (χ2v) is 6.08. The monoisotopic (exact) mass is 339 g/mol. The van der Waals surface area contributed by atoms with Gasteiger partial charge in [0.1, 0.15) is 0 Å². The molecule has 0 aliphatic rings. The Labute approximate surface area is 149 Å². The maximum absolute atomic E-state index is 12.7. The number of aryl methyl sites for hydroxylation is 1. The van der Waals surface area contributed by atoms with Gasteiger partial charge < -0.3 is 10.2 Å². The molecule has 0 bridgehead atoms. The van der Waals surface area contributed by atoms with Gasteiger partial charge in [-0.1, -0.05) is 26.0 Å². The molecule has 0 saturated carbocycles. The van der Waals surface area contributed by atoms with Crippen LogP contribution < -0.4 is 5.32 Å². The number of amides is 2. The summed E-state index contributed by atoms with van der Waals surface area (Å²) in [6, 6.07) is 9.18. The average molecular weight is 339 g/mol. The van der Waals surface area contributed by atoms with Crippen molar-refractivity contribution in [1.82, 2.24) is 9.88 Å². The maximum atomic E-state index is 12.7. The molecule has 0 radical (unpaired) electrons. The van der Waals surface area contributed by atoms with Gasteiger partial charge in [0.15, 0.2) is 0 Å². The van der Waals surface area contributed by atoms with E-state index in [2.05, 4.69) is 10.3 Å². The van der Waals surface area contributed by atoms with Crippen molar-refractivity contribution < 1.29 is 9.59 Å². The van der Waals surface area contributed by atoms with Crippen LogP contribution in [0, 0.1) is 6.92 Å². The van der Waals surface area contributed by atoms with Gasteiger partial charge >= 0.3 is 0 Å². The van der Waals surface area contributed by atoms with Gasteiger partial charge in [-0.25, -0.2) is 0 Å². The molecule has 1 heterocycles. The SMILES string of the molecule is CCCN(CCC)C(=O)c1cncc(C(=O)Nc2cccc(C)c2)c1. The van der Waals surface area contributed by atoms with Crippen molar-refractivity contribution in [2.24, 2.45) is 0 Å². The predicted molar refractivity (Wildman–Crippen MR) is 99.9 cm³/mol. The van der Waals surface area contributed by atoms with Crippen LogP contribution >= 0.6 is 0 Å². The van der Waals surface area contributed by atoms with Crippen LogP contribution in [0.3, 0.4) is 0 Å². The zero-order valence-corrected chi connectivity index (χ0v) is 15.1. The summed E-state index contributed by atoms with van der Waals surface area (Å²) in [6.45, 7) is 7.45. The van der Waals surface area contributed by atoms with E-state index >= 15 is 0 Å². The first kappa shape index (κ1) is 18.6. The fourth-order valence-electron chi connectivity index (χ4n) is 2.64. The van der Waals surface area contributed by atoms with Crippen LogP contribution in [-0.4, -0.2) is 34.8 Å². The minimum Gasteiger partial charge on any atom is -0.339 e. The summed E-state index contributed by atoms with van der Waals surface area (Å²) in [5.41, 5.74) is 2.61. The Morgan fingerprint density at radius 3 is 2.36 bits per heavy atom. The Kier molecular flexibility index (Phi) is 6.69. The van der Waals surface area contributed by atoms with Gasteiger partial charge in [-0.3, -0.25) is 14.6 Å². The lowest BCUT2D eigenvalue weighted by molar-refractivity contribution is 0.0755. The molecule has 0 fully saturated rings. The zero-order valence-electron chi connectivity index (χ0n) is 15.1. The lowest BCUT2D eigenvalue weighted by Gasteiger charge is -2.21. The number of rotatable bonds is 7. The van der Waals surface area contributed by atoms with Gasteiger partial charge in [-0.05, 0) is 43.5 Å². The number of carbonyl (C=O) groups excluding carboxylic acids is 2. The fourth-order valence-corrected chi connectivity index (χ4v) is 2.64. The van der Waals surface area contributed by atoms with Crippen LogP contribution in [0.1, 0.15) is 53.0 Å². The Hall–Kier alpha value is -2.69. The molecule has 25 heavy (non-hydrogen) atoms. The summed E-state index contributed by atoms with van der Waals surface area (Å²) in [5.74, 6) is -0.355. The summed E-state index contributed by atoms with van der Waals surface area (Å²) in [5, 5.41) is 2.84. The van der Waals surface area contributed by atoms with Crippen LogP contribution in [0.5, 0.6) is 0 Å². The smallest absolute Gasteiger partial charge is 0.257 e. The van der Waals surface area contributed by atoms with Gasteiger partial charge in [0.05, 0.1) is 11.1 Å². The van der Waals surface area contributed by atoms with E-state index in [1.807, 2.05) is 45.0 Å². The number of benzene rings is 1. The molecule has 0 aliphatic carbocycles. The van der Waals surface area contributed by atoms with E-state index in [0.29, 0.717) is 24.2 Å². The molecule has 0 saturated heterocycles. The van der Waals surface area contributed by atoms with E-state index in [1.54, 1.807) is 11.0 Å². The molecule has 1 aromatic carbocycles. The number of nitrogens with one attached hydrogen (secondary N) is 1. The van der Waals surface area contributed by atoms with Gasteiger partial charge in [-0.15, -0.1) is 0 Å². The first-order valence-electron chi connectivity index (χ1n) is 8.67. The number of carbonyl (C=O) groups is 2. The molecule has 0 aliphatic heterocycles. The lowest BCUT2D eigenvalue weighted by atomic mass is 10.1. The third kappa shape index (κ3) is 5.14. The van der Waals surface area contributed by atoms with E-state index in [0.717, 1.165) is 24.1 Å². The van der Waals surface area contributed by atoms with Crippen LogP contribution in [0.25, 0.3) is 0 Å². The maximum Gasteiger partial charge on any atom is 0.257 e. The number of anilines is 1. The molecular formula is C20H25N3O2.